The molecule has 0 radical (unpaired) electrons. The minimum atomic E-state index is 0.0358. The molecular weight excluding hydrogens is 204 g/mol. The highest BCUT2D eigenvalue weighted by atomic mass is 16.5. The van der Waals surface area contributed by atoms with Crippen LogP contribution in [-0.4, -0.2) is 10.1 Å². The highest BCUT2D eigenvalue weighted by Gasteiger charge is 2.30. The zero-order chi connectivity index (χ0) is 11.1. The fourth-order valence-electron chi connectivity index (χ4n) is 1.74. The molecule has 0 amide bonds. The van der Waals surface area contributed by atoms with Crippen LogP contribution in [0.4, 0.5) is 0 Å². The van der Waals surface area contributed by atoms with Gasteiger partial charge in [0.05, 0.1) is 5.92 Å². The van der Waals surface area contributed by atoms with Crippen molar-refractivity contribution < 1.29 is 8.94 Å². The molecule has 1 atom stereocenters. The topological polar surface area (TPSA) is 52.1 Å². The van der Waals surface area contributed by atoms with E-state index < -0.39 is 0 Å². The van der Waals surface area contributed by atoms with Crippen molar-refractivity contribution in [1.29, 1.82) is 0 Å². The van der Waals surface area contributed by atoms with Gasteiger partial charge in [-0.25, -0.2) is 0 Å². The van der Waals surface area contributed by atoms with Gasteiger partial charge in [-0.05, 0) is 38.8 Å². The Morgan fingerprint density at radius 3 is 2.81 bits per heavy atom. The molecule has 4 heteroatoms. The highest BCUT2D eigenvalue weighted by molar-refractivity contribution is 5.16. The molecule has 16 heavy (non-hydrogen) atoms. The lowest BCUT2D eigenvalue weighted by Gasteiger charge is -2.00. The first-order valence-corrected chi connectivity index (χ1v) is 5.64. The van der Waals surface area contributed by atoms with Gasteiger partial charge in [0.1, 0.15) is 11.5 Å². The summed E-state index contributed by atoms with van der Waals surface area (Å²) in [6.07, 6.45) is 2.38. The maximum Gasteiger partial charge on any atom is 0.237 e. The molecule has 0 saturated heterocycles. The number of nitrogens with zero attached hydrogens (tertiary/aromatic N) is 2. The van der Waals surface area contributed by atoms with Gasteiger partial charge in [0.15, 0.2) is 5.82 Å². The van der Waals surface area contributed by atoms with E-state index >= 15 is 0 Å². The van der Waals surface area contributed by atoms with Crippen LogP contribution in [0.1, 0.15) is 54.8 Å². The van der Waals surface area contributed by atoms with Gasteiger partial charge in [-0.2, -0.15) is 4.98 Å². The number of aryl methyl sites for hydroxylation is 1. The molecule has 1 fully saturated rings. The molecule has 2 aromatic rings. The summed E-state index contributed by atoms with van der Waals surface area (Å²) in [7, 11) is 0. The molecule has 0 spiro atoms. The van der Waals surface area contributed by atoms with Gasteiger partial charge in [-0.15, -0.1) is 0 Å². The standard InChI is InChI=1S/C12H14N2O2/c1-7-3-6-10(15-7)8(2)12-13-11(14-16-12)9-4-5-9/h3,6,8-9H,4-5H2,1-2H3. The van der Waals surface area contributed by atoms with Crippen molar-refractivity contribution in [3.05, 3.63) is 35.4 Å². The van der Waals surface area contributed by atoms with Crippen molar-refractivity contribution in [2.45, 2.75) is 38.5 Å². The molecule has 4 nitrogen and oxygen atoms in total. The summed E-state index contributed by atoms with van der Waals surface area (Å²) in [6.45, 7) is 3.95. The number of aromatic nitrogens is 2. The molecule has 0 N–H and O–H groups in total. The lowest BCUT2D eigenvalue weighted by Crippen LogP contribution is -1.94. The smallest absolute Gasteiger partial charge is 0.237 e. The van der Waals surface area contributed by atoms with E-state index in [2.05, 4.69) is 10.1 Å². The summed E-state index contributed by atoms with van der Waals surface area (Å²) in [5, 5.41) is 4.00. The third-order valence-corrected chi connectivity index (χ3v) is 2.96. The van der Waals surface area contributed by atoms with Crippen LogP contribution in [-0.2, 0) is 0 Å². The molecule has 1 aliphatic rings. The van der Waals surface area contributed by atoms with Gasteiger partial charge < -0.3 is 8.94 Å². The second kappa shape index (κ2) is 3.47. The van der Waals surface area contributed by atoms with Gasteiger partial charge in [-0.1, -0.05) is 5.16 Å². The first kappa shape index (κ1) is 9.63. The van der Waals surface area contributed by atoms with Crippen LogP contribution in [0, 0.1) is 6.92 Å². The number of rotatable bonds is 3. The minimum Gasteiger partial charge on any atom is -0.466 e. The predicted octanol–water partition coefficient (Wildman–Crippen LogP) is 3.00. The Morgan fingerprint density at radius 2 is 2.19 bits per heavy atom. The van der Waals surface area contributed by atoms with E-state index in [9.17, 15) is 0 Å². The maximum atomic E-state index is 5.56. The van der Waals surface area contributed by atoms with Crippen LogP contribution in [0.5, 0.6) is 0 Å². The molecule has 1 unspecified atom stereocenters. The first-order chi connectivity index (χ1) is 7.74. The van der Waals surface area contributed by atoms with Crippen LogP contribution >= 0.6 is 0 Å². The van der Waals surface area contributed by atoms with Crippen molar-refractivity contribution in [3.63, 3.8) is 0 Å². The molecule has 3 rings (SSSR count). The predicted molar refractivity (Wildman–Crippen MR) is 57.2 cm³/mol. The van der Waals surface area contributed by atoms with Crippen LogP contribution in [0.15, 0.2) is 21.1 Å². The molecule has 1 saturated carbocycles. The van der Waals surface area contributed by atoms with E-state index in [1.807, 2.05) is 26.0 Å². The van der Waals surface area contributed by atoms with Crippen LogP contribution in [0.2, 0.25) is 0 Å². The molecular formula is C12H14N2O2. The summed E-state index contributed by atoms with van der Waals surface area (Å²) >= 11 is 0. The van der Waals surface area contributed by atoms with E-state index in [4.69, 9.17) is 8.94 Å². The summed E-state index contributed by atoms with van der Waals surface area (Å²) in [5.74, 6) is 3.85. The van der Waals surface area contributed by atoms with Gasteiger partial charge in [0.25, 0.3) is 0 Å². The second-order valence-electron chi connectivity index (χ2n) is 4.44. The zero-order valence-electron chi connectivity index (χ0n) is 9.43. The van der Waals surface area contributed by atoms with E-state index in [-0.39, 0.29) is 5.92 Å². The third kappa shape index (κ3) is 1.64. The van der Waals surface area contributed by atoms with Crippen LogP contribution in [0.3, 0.4) is 0 Å². The lowest BCUT2D eigenvalue weighted by atomic mass is 10.1. The summed E-state index contributed by atoms with van der Waals surface area (Å²) < 4.78 is 10.8. The Hall–Kier alpha value is -1.58. The number of hydrogen-bond donors (Lipinski definition) is 0. The summed E-state index contributed by atoms with van der Waals surface area (Å²) in [4.78, 5) is 4.42. The number of furan rings is 1. The Labute approximate surface area is 93.7 Å². The second-order valence-corrected chi connectivity index (χ2v) is 4.44. The third-order valence-electron chi connectivity index (χ3n) is 2.96. The average Bonchev–Trinajstić information content (AvgIpc) is 2.86. The average molecular weight is 218 g/mol. The fourth-order valence-corrected chi connectivity index (χ4v) is 1.74. The summed E-state index contributed by atoms with van der Waals surface area (Å²) in [5.41, 5.74) is 0. The fraction of sp³-hybridized carbons (Fsp3) is 0.500. The van der Waals surface area contributed by atoms with Crippen molar-refractivity contribution in [1.82, 2.24) is 10.1 Å². The van der Waals surface area contributed by atoms with E-state index in [0.717, 1.165) is 17.3 Å². The molecule has 84 valence electrons. The maximum absolute atomic E-state index is 5.56. The largest absolute Gasteiger partial charge is 0.466 e. The van der Waals surface area contributed by atoms with E-state index in [1.54, 1.807) is 0 Å². The molecule has 0 bridgehead atoms. The Balaban J connectivity index is 1.84. The van der Waals surface area contributed by atoms with E-state index in [1.165, 1.54) is 12.8 Å². The Bertz CT molecular complexity index is 497. The van der Waals surface area contributed by atoms with Gasteiger partial charge in [0, 0.05) is 5.92 Å². The minimum absolute atomic E-state index is 0.0358. The number of hydrogen-bond acceptors (Lipinski definition) is 4. The molecule has 2 heterocycles. The Morgan fingerprint density at radius 1 is 1.38 bits per heavy atom. The van der Waals surface area contributed by atoms with Crippen LogP contribution < -0.4 is 0 Å². The van der Waals surface area contributed by atoms with Gasteiger partial charge >= 0.3 is 0 Å². The lowest BCUT2D eigenvalue weighted by molar-refractivity contribution is 0.348. The first-order valence-electron chi connectivity index (χ1n) is 5.64. The van der Waals surface area contributed by atoms with Crippen molar-refractivity contribution in [3.8, 4) is 0 Å². The van der Waals surface area contributed by atoms with Crippen molar-refractivity contribution in [2.75, 3.05) is 0 Å². The SMILES string of the molecule is Cc1ccc(C(C)c2nc(C3CC3)no2)o1. The Kier molecular flexibility index (Phi) is 2.09. The quantitative estimate of drug-likeness (QED) is 0.794. The van der Waals surface area contributed by atoms with Crippen molar-refractivity contribution >= 4 is 0 Å². The monoisotopic (exact) mass is 218 g/mol. The van der Waals surface area contributed by atoms with Crippen LogP contribution in [0.25, 0.3) is 0 Å². The summed E-state index contributed by atoms with van der Waals surface area (Å²) in [6, 6.07) is 3.91. The van der Waals surface area contributed by atoms with E-state index in [0.29, 0.717) is 11.8 Å². The van der Waals surface area contributed by atoms with Gasteiger partial charge in [-0.3, -0.25) is 0 Å². The molecule has 2 aromatic heterocycles. The van der Waals surface area contributed by atoms with Crippen molar-refractivity contribution in [2.24, 2.45) is 0 Å². The zero-order valence-corrected chi connectivity index (χ0v) is 9.43. The normalized spacial score (nSPS) is 17.6. The molecule has 0 aliphatic heterocycles. The molecule has 0 aromatic carbocycles. The highest BCUT2D eigenvalue weighted by Crippen LogP contribution is 2.38. The molecule has 1 aliphatic carbocycles. The van der Waals surface area contributed by atoms with Gasteiger partial charge in [0.2, 0.25) is 5.89 Å².